The molecule has 7 heteroatoms. The molecule has 0 N–H and O–H groups in total. The molecule has 1 heterocycles. The van der Waals surface area contributed by atoms with Crippen molar-refractivity contribution in [3.05, 3.63) is 84.1 Å². The van der Waals surface area contributed by atoms with E-state index in [1.54, 1.807) is 48.5 Å². The summed E-state index contributed by atoms with van der Waals surface area (Å²) in [5, 5.41) is 18.2. The summed E-state index contributed by atoms with van der Waals surface area (Å²) in [5.74, 6) is 0.224. The third-order valence-electron chi connectivity index (χ3n) is 3.62. The number of nitrogens with zero attached hydrogens (tertiary/aromatic N) is 4. The van der Waals surface area contributed by atoms with Crippen molar-refractivity contribution >= 4 is 21.5 Å². The lowest BCUT2D eigenvalue weighted by Crippen LogP contribution is -2.27. The van der Waals surface area contributed by atoms with Gasteiger partial charge >= 0.3 is 0 Å². The number of hydrogen-bond donors (Lipinski definition) is 0. The van der Waals surface area contributed by atoms with Crippen LogP contribution >= 0.6 is 0 Å². The van der Waals surface area contributed by atoms with Gasteiger partial charge in [0.15, 0.2) is 0 Å². The van der Waals surface area contributed by atoms with Crippen LogP contribution in [0, 0.1) is 22.7 Å². The van der Waals surface area contributed by atoms with Gasteiger partial charge in [0, 0.05) is 6.20 Å². The van der Waals surface area contributed by atoms with E-state index in [0.717, 1.165) is 4.31 Å². The van der Waals surface area contributed by atoms with Crippen molar-refractivity contribution in [2.75, 3.05) is 4.31 Å². The molecule has 0 aliphatic rings. The molecule has 0 fully saturated rings. The summed E-state index contributed by atoms with van der Waals surface area (Å²) < 4.78 is 27.7. The van der Waals surface area contributed by atoms with Gasteiger partial charge in [-0.05, 0) is 42.5 Å². The van der Waals surface area contributed by atoms with Crippen LogP contribution in [-0.2, 0) is 10.0 Å². The van der Waals surface area contributed by atoms with E-state index in [1.165, 1.54) is 24.4 Å². The predicted octanol–water partition coefficient (Wildman–Crippen LogP) is 3.35. The zero-order valence-electron chi connectivity index (χ0n) is 13.4. The number of benzene rings is 2. The second-order valence-corrected chi connectivity index (χ2v) is 7.01. The molecule has 0 unspecified atom stereocenters. The molecule has 0 saturated carbocycles. The van der Waals surface area contributed by atoms with E-state index in [1.807, 2.05) is 12.1 Å². The molecule has 6 nitrogen and oxygen atoms in total. The fourth-order valence-electron chi connectivity index (χ4n) is 2.41. The van der Waals surface area contributed by atoms with Crippen molar-refractivity contribution in [2.24, 2.45) is 0 Å². The minimum atomic E-state index is -4.05. The lowest BCUT2D eigenvalue weighted by Gasteiger charge is -2.23. The van der Waals surface area contributed by atoms with E-state index in [0.29, 0.717) is 5.69 Å². The third-order valence-corrected chi connectivity index (χ3v) is 5.35. The summed E-state index contributed by atoms with van der Waals surface area (Å²) in [6.07, 6.45) is 1.50. The minimum absolute atomic E-state index is 0.00241. The summed E-state index contributed by atoms with van der Waals surface area (Å²) in [6, 6.07) is 21.1. The number of anilines is 2. The maximum absolute atomic E-state index is 13.3. The summed E-state index contributed by atoms with van der Waals surface area (Å²) in [5.41, 5.74) is 0.534. The molecule has 0 saturated heterocycles. The van der Waals surface area contributed by atoms with Gasteiger partial charge < -0.3 is 0 Å². The van der Waals surface area contributed by atoms with Gasteiger partial charge in [-0.3, -0.25) is 0 Å². The molecule has 0 spiro atoms. The number of aromatic nitrogens is 1. The van der Waals surface area contributed by atoms with Gasteiger partial charge in [0.05, 0.1) is 21.7 Å². The smallest absolute Gasteiger partial charge is 0.238 e. The van der Waals surface area contributed by atoms with Crippen LogP contribution < -0.4 is 4.31 Å². The van der Waals surface area contributed by atoms with Crippen LogP contribution in [0.25, 0.3) is 0 Å². The first-order chi connectivity index (χ1) is 12.6. The lowest BCUT2D eigenvalue weighted by atomic mass is 10.1. The fraction of sp³-hybridized carbons (Fsp3) is 0. The molecule has 0 atom stereocenters. The van der Waals surface area contributed by atoms with Crippen LogP contribution in [0.2, 0.25) is 0 Å². The van der Waals surface area contributed by atoms with E-state index in [2.05, 4.69) is 4.98 Å². The van der Waals surface area contributed by atoms with Crippen molar-refractivity contribution in [2.45, 2.75) is 4.90 Å². The van der Waals surface area contributed by atoms with Gasteiger partial charge in [-0.15, -0.1) is 0 Å². The highest BCUT2D eigenvalue weighted by Gasteiger charge is 2.28. The number of rotatable bonds is 4. The zero-order chi connectivity index (χ0) is 18.6. The minimum Gasteiger partial charge on any atom is -0.238 e. The average molecular weight is 360 g/mol. The average Bonchev–Trinajstić information content (AvgIpc) is 2.69. The first kappa shape index (κ1) is 17.2. The maximum atomic E-state index is 13.3. The van der Waals surface area contributed by atoms with E-state index in [4.69, 9.17) is 5.26 Å². The van der Waals surface area contributed by atoms with Crippen molar-refractivity contribution in [3.63, 3.8) is 0 Å². The summed E-state index contributed by atoms with van der Waals surface area (Å²) >= 11 is 0. The van der Waals surface area contributed by atoms with Crippen LogP contribution in [0.5, 0.6) is 0 Å². The van der Waals surface area contributed by atoms with Crippen LogP contribution in [-0.4, -0.2) is 13.4 Å². The number of nitriles is 2. The largest absolute Gasteiger partial charge is 0.269 e. The van der Waals surface area contributed by atoms with Crippen LogP contribution in [0.1, 0.15) is 11.1 Å². The Hall–Kier alpha value is -3.68. The predicted molar refractivity (Wildman–Crippen MR) is 95.9 cm³/mol. The molecule has 26 heavy (non-hydrogen) atoms. The molecule has 3 rings (SSSR count). The highest BCUT2D eigenvalue weighted by molar-refractivity contribution is 7.93. The zero-order valence-corrected chi connectivity index (χ0v) is 14.3. The number of para-hydroxylation sites is 1. The van der Waals surface area contributed by atoms with Crippen LogP contribution in [0.4, 0.5) is 11.5 Å². The van der Waals surface area contributed by atoms with E-state index >= 15 is 0 Å². The number of sulfonamides is 1. The molecule has 126 valence electrons. The Morgan fingerprint density at radius 1 is 0.846 bits per heavy atom. The SMILES string of the molecule is N#Cc1ccc(S(=O)(=O)N(c2ccccc2)c2ccccn2)cc1C#N. The van der Waals surface area contributed by atoms with Crippen LogP contribution in [0.15, 0.2) is 77.8 Å². The van der Waals surface area contributed by atoms with Gasteiger partial charge in [0.1, 0.15) is 18.0 Å². The summed E-state index contributed by atoms with van der Waals surface area (Å²) in [6.45, 7) is 0. The Balaban J connectivity index is 2.21. The Kier molecular flexibility index (Phi) is 4.66. The Morgan fingerprint density at radius 2 is 1.54 bits per heavy atom. The van der Waals surface area contributed by atoms with E-state index < -0.39 is 10.0 Å². The second-order valence-electron chi connectivity index (χ2n) is 5.22. The highest BCUT2D eigenvalue weighted by atomic mass is 32.2. The van der Waals surface area contributed by atoms with Gasteiger partial charge in [-0.2, -0.15) is 10.5 Å². The number of hydrogen-bond acceptors (Lipinski definition) is 5. The van der Waals surface area contributed by atoms with Crippen molar-refractivity contribution < 1.29 is 8.42 Å². The Morgan fingerprint density at radius 3 is 2.15 bits per heavy atom. The highest BCUT2D eigenvalue weighted by Crippen LogP contribution is 2.31. The van der Waals surface area contributed by atoms with E-state index in [9.17, 15) is 13.7 Å². The molecule has 0 bridgehead atoms. The first-order valence-corrected chi connectivity index (χ1v) is 8.97. The molecule has 1 aromatic heterocycles. The maximum Gasteiger partial charge on any atom is 0.269 e. The first-order valence-electron chi connectivity index (χ1n) is 7.53. The Bertz CT molecular complexity index is 1080. The van der Waals surface area contributed by atoms with Gasteiger partial charge in [0.25, 0.3) is 10.0 Å². The molecular weight excluding hydrogens is 348 g/mol. The molecule has 0 amide bonds. The van der Waals surface area contributed by atoms with Gasteiger partial charge in [0.2, 0.25) is 0 Å². The van der Waals surface area contributed by atoms with Gasteiger partial charge in [-0.1, -0.05) is 24.3 Å². The molecule has 0 radical (unpaired) electrons. The van der Waals surface area contributed by atoms with Crippen LogP contribution in [0.3, 0.4) is 0 Å². The van der Waals surface area contributed by atoms with Crippen molar-refractivity contribution in [1.82, 2.24) is 4.98 Å². The lowest BCUT2D eigenvalue weighted by molar-refractivity contribution is 0.596. The number of pyridine rings is 1. The monoisotopic (exact) mass is 360 g/mol. The molecule has 2 aromatic carbocycles. The summed E-state index contributed by atoms with van der Waals surface area (Å²) in [7, 11) is -4.05. The quantitative estimate of drug-likeness (QED) is 0.710. The summed E-state index contributed by atoms with van der Waals surface area (Å²) in [4.78, 5) is 4.06. The molecule has 0 aliphatic carbocycles. The second kappa shape index (κ2) is 7.06. The van der Waals surface area contributed by atoms with Crippen molar-refractivity contribution in [3.8, 4) is 12.1 Å². The fourth-order valence-corrected chi connectivity index (χ4v) is 3.88. The molecule has 0 aliphatic heterocycles. The Labute approximate surface area is 151 Å². The molecular formula is C19H12N4O2S. The third kappa shape index (κ3) is 3.12. The van der Waals surface area contributed by atoms with E-state index in [-0.39, 0.29) is 21.8 Å². The van der Waals surface area contributed by atoms with Crippen molar-refractivity contribution in [1.29, 1.82) is 10.5 Å². The molecule has 3 aromatic rings. The standard InChI is InChI=1S/C19H12N4O2S/c20-13-15-9-10-18(12-16(15)14-21)26(24,25)23(17-6-2-1-3-7-17)19-8-4-5-11-22-19/h1-12H. The van der Waals surface area contributed by atoms with Gasteiger partial charge in [-0.25, -0.2) is 17.7 Å². The normalized spacial score (nSPS) is 10.5. The topological polar surface area (TPSA) is 97.8 Å².